The highest BCUT2D eigenvalue weighted by Gasteiger charge is 2.20. The van der Waals surface area contributed by atoms with Gasteiger partial charge in [0.25, 0.3) is 0 Å². The van der Waals surface area contributed by atoms with Crippen molar-refractivity contribution in [2.24, 2.45) is 0 Å². The van der Waals surface area contributed by atoms with Gasteiger partial charge in [-0.3, -0.25) is 4.98 Å². The molecule has 0 spiro atoms. The second-order valence-corrected chi connectivity index (χ2v) is 3.37. The van der Waals surface area contributed by atoms with Crippen molar-refractivity contribution in [2.45, 2.75) is 33.1 Å². The predicted molar refractivity (Wildman–Crippen MR) is 57.8 cm³/mol. The van der Waals surface area contributed by atoms with E-state index in [0.29, 0.717) is 0 Å². The number of nitrogens with zero attached hydrogens (tertiary/aromatic N) is 1. The van der Waals surface area contributed by atoms with E-state index in [0.717, 1.165) is 6.42 Å². The van der Waals surface area contributed by atoms with Gasteiger partial charge in [-0.25, -0.2) is 0 Å². The van der Waals surface area contributed by atoms with Gasteiger partial charge in [0.15, 0.2) is 0 Å². The summed E-state index contributed by atoms with van der Waals surface area (Å²) < 4.78 is 39.0. The van der Waals surface area contributed by atoms with Crippen molar-refractivity contribution in [1.82, 2.24) is 4.98 Å². The van der Waals surface area contributed by atoms with Crippen LogP contribution in [0.15, 0.2) is 18.3 Å². The molecular formula is C10H15BF4N-. The van der Waals surface area contributed by atoms with Gasteiger partial charge in [-0.05, 0) is 31.4 Å². The van der Waals surface area contributed by atoms with E-state index in [-0.39, 0.29) is 0 Å². The molecule has 1 aromatic rings. The van der Waals surface area contributed by atoms with E-state index in [1.165, 1.54) is 24.1 Å². The smallest absolute Gasteiger partial charge is 0.418 e. The van der Waals surface area contributed by atoms with Crippen molar-refractivity contribution < 1.29 is 17.3 Å². The number of pyridine rings is 1. The van der Waals surface area contributed by atoms with Crippen LogP contribution in [0.3, 0.4) is 0 Å². The third-order valence-electron chi connectivity index (χ3n) is 1.88. The number of unbranched alkanes of at least 4 members (excludes halogenated alkanes) is 1. The summed E-state index contributed by atoms with van der Waals surface area (Å²) in [5, 5.41) is 0. The van der Waals surface area contributed by atoms with Gasteiger partial charge in [0.1, 0.15) is 0 Å². The first-order valence-corrected chi connectivity index (χ1v) is 5.12. The summed E-state index contributed by atoms with van der Waals surface area (Å²) in [5.41, 5.74) is 2.58. The first-order chi connectivity index (χ1) is 7.34. The highest BCUT2D eigenvalue weighted by atomic mass is 19.5. The zero-order valence-corrected chi connectivity index (χ0v) is 9.39. The highest BCUT2D eigenvalue weighted by molar-refractivity contribution is 6.50. The molecule has 0 aliphatic carbocycles. The fourth-order valence-electron chi connectivity index (χ4n) is 1.12. The van der Waals surface area contributed by atoms with Crippen molar-refractivity contribution in [3.63, 3.8) is 0 Å². The maximum absolute atomic E-state index is 9.75. The molecule has 0 radical (unpaired) electrons. The molecule has 0 N–H and O–H groups in total. The van der Waals surface area contributed by atoms with Crippen molar-refractivity contribution in [3.8, 4) is 0 Å². The lowest BCUT2D eigenvalue weighted by Gasteiger charge is -2.01. The van der Waals surface area contributed by atoms with Gasteiger partial charge < -0.3 is 17.3 Å². The lowest BCUT2D eigenvalue weighted by Crippen LogP contribution is -2.02. The van der Waals surface area contributed by atoms with Crippen LogP contribution in [-0.2, 0) is 6.42 Å². The molecule has 0 aromatic carbocycles. The molecule has 0 fully saturated rings. The average molecular weight is 236 g/mol. The summed E-state index contributed by atoms with van der Waals surface area (Å²) in [6.07, 6.45) is 5.50. The number of halogens is 4. The number of hydrogen-bond donors (Lipinski definition) is 0. The molecule has 16 heavy (non-hydrogen) atoms. The molecule has 6 heteroatoms. The van der Waals surface area contributed by atoms with Crippen molar-refractivity contribution in [2.75, 3.05) is 0 Å². The van der Waals surface area contributed by atoms with Crippen LogP contribution < -0.4 is 0 Å². The second kappa shape index (κ2) is 7.25. The summed E-state index contributed by atoms with van der Waals surface area (Å²) in [5.74, 6) is 0. The normalized spacial score (nSPS) is 10.6. The topological polar surface area (TPSA) is 12.9 Å². The molecule has 0 saturated heterocycles. The molecule has 0 amide bonds. The minimum Gasteiger partial charge on any atom is -0.418 e. The van der Waals surface area contributed by atoms with Crippen molar-refractivity contribution in [3.05, 3.63) is 29.6 Å². The summed E-state index contributed by atoms with van der Waals surface area (Å²) in [7, 11) is -6.00. The standard InChI is InChI=1S/C10H15N.BF4/c1-3-4-7-10-9(2)6-5-8-11-10;2-1(3,4)5/h5-6,8H,3-4,7H2,1-2H3;/q;-1. The van der Waals surface area contributed by atoms with Gasteiger partial charge in [0, 0.05) is 11.9 Å². The number of aromatic nitrogens is 1. The molecule has 1 nitrogen and oxygen atoms in total. The fourth-order valence-corrected chi connectivity index (χ4v) is 1.12. The first kappa shape index (κ1) is 14.9. The number of aryl methyl sites for hydroxylation is 2. The Balaban J connectivity index is 0.000000385. The van der Waals surface area contributed by atoms with Crippen LogP contribution in [-0.4, -0.2) is 12.2 Å². The zero-order valence-electron chi connectivity index (χ0n) is 9.39. The molecule has 0 atom stereocenters. The first-order valence-electron chi connectivity index (χ1n) is 5.12. The molecule has 0 aliphatic rings. The summed E-state index contributed by atoms with van der Waals surface area (Å²) in [4.78, 5) is 4.32. The van der Waals surface area contributed by atoms with Crippen LogP contribution in [0, 0.1) is 6.92 Å². The second-order valence-electron chi connectivity index (χ2n) is 3.37. The van der Waals surface area contributed by atoms with E-state index in [4.69, 9.17) is 0 Å². The molecule has 0 bridgehead atoms. The Labute approximate surface area is 93.0 Å². The predicted octanol–water partition coefficient (Wildman–Crippen LogP) is 4.03. The third-order valence-corrected chi connectivity index (χ3v) is 1.88. The maximum atomic E-state index is 9.75. The lowest BCUT2D eigenvalue weighted by molar-refractivity contribution is 0.368. The number of rotatable bonds is 3. The lowest BCUT2D eigenvalue weighted by atomic mass is 10.1. The fraction of sp³-hybridized carbons (Fsp3) is 0.500. The van der Waals surface area contributed by atoms with Gasteiger partial charge >= 0.3 is 7.25 Å². The Bertz CT molecular complexity index is 295. The molecule has 0 aliphatic heterocycles. The quantitative estimate of drug-likeness (QED) is 0.570. The van der Waals surface area contributed by atoms with E-state index in [9.17, 15) is 17.3 Å². The summed E-state index contributed by atoms with van der Waals surface area (Å²) in [6, 6.07) is 4.11. The largest absolute Gasteiger partial charge is 0.673 e. The molecule has 0 saturated carbocycles. The minimum absolute atomic E-state index is 1.13. The average Bonchev–Trinajstić information content (AvgIpc) is 2.14. The monoisotopic (exact) mass is 236 g/mol. The molecule has 1 rings (SSSR count). The maximum Gasteiger partial charge on any atom is 0.673 e. The molecule has 1 heterocycles. The van der Waals surface area contributed by atoms with Gasteiger partial charge in [-0.2, -0.15) is 0 Å². The van der Waals surface area contributed by atoms with Gasteiger partial charge in [-0.1, -0.05) is 19.4 Å². The third kappa shape index (κ3) is 9.49. The van der Waals surface area contributed by atoms with E-state index < -0.39 is 7.25 Å². The van der Waals surface area contributed by atoms with Crippen molar-refractivity contribution >= 4 is 7.25 Å². The van der Waals surface area contributed by atoms with E-state index in [1.807, 2.05) is 12.3 Å². The van der Waals surface area contributed by atoms with E-state index in [2.05, 4.69) is 24.9 Å². The Morgan fingerprint density at radius 1 is 1.25 bits per heavy atom. The van der Waals surface area contributed by atoms with E-state index >= 15 is 0 Å². The van der Waals surface area contributed by atoms with E-state index in [1.54, 1.807) is 0 Å². The van der Waals surface area contributed by atoms with Gasteiger partial charge in [-0.15, -0.1) is 0 Å². The van der Waals surface area contributed by atoms with Crippen LogP contribution in [0.5, 0.6) is 0 Å². The van der Waals surface area contributed by atoms with Crippen LogP contribution in [0.25, 0.3) is 0 Å². The molecule has 1 aromatic heterocycles. The molecule has 0 unspecified atom stereocenters. The highest BCUT2D eigenvalue weighted by Crippen LogP contribution is 2.07. The summed E-state index contributed by atoms with van der Waals surface area (Å²) >= 11 is 0. The van der Waals surface area contributed by atoms with Crippen LogP contribution in [0.4, 0.5) is 17.3 Å². The minimum atomic E-state index is -6.00. The zero-order chi connectivity index (χ0) is 12.6. The Morgan fingerprint density at radius 2 is 1.81 bits per heavy atom. The number of hydrogen-bond acceptors (Lipinski definition) is 1. The van der Waals surface area contributed by atoms with Gasteiger partial charge in [0.05, 0.1) is 0 Å². The van der Waals surface area contributed by atoms with Gasteiger partial charge in [0.2, 0.25) is 0 Å². The Morgan fingerprint density at radius 3 is 2.25 bits per heavy atom. The van der Waals surface area contributed by atoms with Crippen LogP contribution in [0.1, 0.15) is 31.0 Å². The van der Waals surface area contributed by atoms with Crippen LogP contribution >= 0.6 is 0 Å². The SMILES string of the molecule is CCCCc1ncccc1C.F[B-](F)(F)F. The molecule has 92 valence electrons. The Hall–Kier alpha value is -1.07. The molecular weight excluding hydrogens is 221 g/mol. The summed E-state index contributed by atoms with van der Waals surface area (Å²) in [6.45, 7) is 4.33. The van der Waals surface area contributed by atoms with Crippen molar-refractivity contribution in [1.29, 1.82) is 0 Å². The Kier molecular flexibility index (Phi) is 6.77. The van der Waals surface area contributed by atoms with Crippen LogP contribution in [0.2, 0.25) is 0 Å².